The average molecular weight is 548 g/mol. The van der Waals surface area contributed by atoms with Gasteiger partial charge in [0.05, 0.1) is 29.0 Å². The summed E-state index contributed by atoms with van der Waals surface area (Å²) in [4.78, 5) is 33.8. The van der Waals surface area contributed by atoms with E-state index in [1.165, 1.54) is 0 Å². The predicted molar refractivity (Wildman–Crippen MR) is 145 cm³/mol. The van der Waals surface area contributed by atoms with Crippen molar-refractivity contribution in [3.63, 3.8) is 0 Å². The Hall–Kier alpha value is -3.47. The van der Waals surface area contributed by atoms with Crippen molar-refractivity contribution >= 4 is 16.9 Å². The molecule has 2 N–H and O–H groups in total. The van der Waals surface area contributed by atoms with Gasteiger partial charge in [0.2, 0.25) is 0 Å². The lowest BCUT2D eigenvalue weighted by atomic mass is 9.86. The van der Waals surface area contributed by atoms with Crippen LogP contribution in [0.25, 0.3) is 22.3 Å². The Labute approximate surface area is 231 Å². The molecule has 0 bridgehead atoms. The van der Waals surface area contributed by atoms with Crippen LogP contribution in [0.5, 0.6) is 11.5 Å². The summed E-state index contributed by atoms with van der Waals surface area (Å²) in [5, 5.41) is 21.7. The Balaban J connectivity index is 1.36. The van der Waals surface area contributed by atoms with E-state index in [9.17, 15) is 19.8 Å². The number of aliphatic hydroxyl groups is 2. The number of hydrogen-bond acceptors (Lipinski definition) is 9. The minimum absolute atomic E-state index is 0.0986. The molecule has 0 amide bonds. The molecule has 10 heteroatoms. The first kappa shape index (κ1) is 25.5. The van der Waals surface area contributed by atoms with Gasteiger partial charge in [-0.3, -0.25) is 4.79 Å². The van der Waals surface area contributed by atoms with Crippen molar-refractivity contribution < 1.29 is 29.2 Å². The third-order valence-electron chi connectivity index (χ3n) is 9.11. The third kappa shape index (κ3) is 3.84. The predicted octanol–water partition coefficient (Wildman–Crippen LogP) is 2.10. The standard InChI is InChI=1S/C30H33N3O7/c1-2-30(37)22-12-24-27-20(14-33(24)28(35)21(22)16-40-29(30)36)18(5-8-32-6-3-17(15-34)4-7-32)19-11-25-26(13-23(19)31-27)39-10-9-38-25/h11-13,17,34,37H,2-10,14-16H2,1H3/t30-/m0/s1. The molecule has 7 rings (SSSR count). The highest BCUT2D eigenvalue weighted by molar-refractivity contribution is 5.91. The van der Waals surface area contributed by atoms with Crippen LogP contribution >= 0.6 is 0 Å². The van der Waals surface area contributed by atoms with E-state index in [4.69, 9.17) is 19.2 Å². The number of piperidine rings is 1. The number of pyridine rings is 2. The fourth-order valence-electron chi connectivity index (χ4n) is 6.65. The molecular formula is C30H33N3O7. The molecule has 0 spiro atoms. The van der Waals surface area contributed by atoms with E-state index < -0.39 is 11.6 Å². The smallest absolute Gasteiger partial charge is 0.343 e. The van der Waals surface area contributed by atoms with E-state index in [2.05, 4.69) is 4.90 Å². The van der Waals surface area contributed by atoms with Crippen LogP contribution in [0.4, 0.5) is 0 Å². The maximum Gasteiger partial charge on any atom is 0.343 e. The summed E-state index contributed by atoms with van der Waals surface area (Å²) in [5.41, 5.74) is 2.62. The molecule has 10 nitrogen and oxygen atoms in total. The van der Waals surface area contributed by atoms with E-state index in [1.54, 1.807) is 17.6 Å². The minimum Gasteiger partial charge on any atom is -0.486 e. The molecule has 4 aliphatic heterocycles. The molecule has 0 saturated carbocycles. The maximum atomic E-state index is 13.7. The van der Waals surface area contributed by atoms with Gasteiger partial charge in [-0.15, -0.1) is 0 Å². The highest BCUT2D eigenvalue weighted by Crippen LogP contribution is 2.43. The van der Waals surface area contributed by atoms with Gasteiger partial charge in [0.15, 0.2) is 17.1 Å². The second-order valence-corrected chi connectivity index (χ2v) is 11.3. The lowest BCUT2D eigenvalue weighted by Gasteiger charge is -2.31. The number of fused-ring (bicyclic) bond motifs is 6. The number of esters is 1. The highest BCUT2D eigenvalue weighted by Gasteiger charge is 2.45. The zero-order valence-corrected chi connectivity index (χ0v) is 22.6. The van der Waals surface area contributed by atoms with Crippen molar-refractivity contribution in [3.8, 4) is 22.9 Å². The lowest BCUT2D eigenvalue weighted by molar-refractivity contribution is -0.172. The van der Waals surface area contributed by atoms with Crippen LogP contribution in [0, 0.1) is 5.92 Å². The summed E-state index contributed by atoms with van der Waals surface area (Å²) in [7, 11) is 0. The van der Waals surface area contributed by atoms with Crippen LogP contribution in [0.15, 0.2) is 23.0 Å². The number of aromatic nitrogens is 2. The van der Waals surface area contributed by atoms with Crippen molar-refractivity contribution in [3.05, 3.63) is 50.8 Å². The summed E-state index contributed by atoms with van der Waals surface area (Å²) in [5.74, 6) is 0.978. The van der Waals surface area contributed by atoms with Crippen molar-refractivity contribution in [1.29, 1.82) is 0 Å². The molecule has 1 saturated heterocycles. The summed E-state index contributed by atoms with van der Waals surface area (Å²) in [6, 6.07) is 5.66. The molecule has 0 aliphatic carbocycles. The quantitative estimate of drug-likeness (QED) is 0.362. The van der Waals surface area contributed by atoms with Crippen molar-refractivity contribution in [2.24, 2.45) is 5.92 Å². The molecule has 6 heterocycles. The van der Waals surface area contributed by atoms with Gasteiger partial charge in [-0.25, -0.2) is 9.78 Å². The SMILES string of the molecule is CC[C@@]1(O)C(=O)OCc2c1cc1n(c2=O)Cc2c-1nc1cc3c(cc1c2CCN1CCC(CO)CC1)OCCO3. The van der Waals surface area contributed by atoms with Gasteiger partial charge in [-0.05, 0) is 62.4 Å². The fraction of sp³-hybridized carbons (Fsp3) is 0.500. The molecule has 3 aromatic rings. The van der Waals surface area contributed by atoms with E-state index >= 15 is 0 Å². The number of rotatable bonds is 5. The van der Waals surface area contributed by atoms with Crippen LogP contribution in [0.3, 0.4) is 0 Å². The first-order chi connectivity index (χ1) is 19.4. The van der Waals surface area contributed by atoms with Crippen LogP contribution in [-0.2, 0) is 34.7 Å². The van der Waals surface area contributed by atoms with Gasteiger partial charge in [-0.2, -0.15) is 0 Å². The number of nitrogens with zero attached hydrogens (tertiary/aromatic N) is 3. The van der Waals surface area contributed by atoms with E-state index in [0.29, 0.717) is 59.7 Å². The summed E-state index contributed by atoms with van der Waals surface area (Å²) < 4.78 is 18.7. The van der Waals surface area contributed by atoms with Crippen molar-refractivity contribution in [2.75, 3.05) is 39.5 Å². The van der Waals surface area contributed by atoms with Gasteiger partial charge in [-0.1, -0.05) is 6.92 Å². The minimum atomic E-state index is -1.87. The largest absolute Gasteiger partial charge is 0.486 e. The molecule has 1 aromatic carbocycles. The number of ether oxygens (including phenoxy) is 3. The summed E-state index contributed by atoms with van der Waals surface area (Å²) in [6.07, 6.45) is 2.82. The Morgan fingerprint density at radius 2 is 1.80 bits per heavy atom. The molecule has 4 aliphatic rings. The molecular weight excluding hydrogens is 514 g/mol. The van der Waals surface area contributed by atoms with Gasteiger partial charge >= 0.3 is 5.97 Å². The monoisotopic (exact) mass is 547 g/mol. The van der Waals surface area contributed by atoms with E-state index in [0.717, 1.165) is 60.9 Å². The van der Waals surface area contributed by atoms with Gasteiger partial charge < -0.3 is 33.9 Å². The average Bonchev–Trinajstić information content (AvgIpc) is 3.35. The second-order valence-electron chi connectivity index (χ2n) is 11.3. The summed E-state index contributed by atoms with van der Waals surface area (Å²) in [6.45, 7) is 5.83. The number of likely N-dealkylation sites (tertiary alicyclic amines) is 1. The Kier molecular flexibility index (Phi) is 6.10. The number of hydrogen-bond donors (Lipinski definition) is 2. The molecule has 1 atom stereocenters. The number of cyclic esters (lactones) is 1. The lowest BCUT2D eigenvalue weighted by Crippen LogP contribution is -2.44. The highest BCUT2D eigenvalue weighted by atomic mass is 16.6. The molecule has 0 unspecified atom stereocenters. The Bertz CT molecular complexity index is 1590. The fourth-order valence-corrected chi connectivity index (χ4v) is 6.65. The van der Waals surface area contributed by atoms with Crippen molar-refractivity contribution in [2.45, 2.75) is 51.4 Å². The third-order valence-corrected chi connectivity index (χ3v) is 9.11. The van der Waals surface area contributed by atoms with Crippen LogP contribution < -0.4 is 15.0 Å². The zero-order valence-electron chi connectivity index (χ0n) is 22.6. The Morgan fingerprint density at radius 3 is 2.52 bits per heavy atom. The van der Waals surface area contributed by atoms with Crippen LogP contribution in [0.1, 0.15) is 48.4 Å². The van der Waals surface area contributed by atoms with Crippen LogP contribution in [0.2, 0.25) is 0 Å². The maximum absolute atomic E-state index is 13.7. The molecule has 40 heavy (non-hydrogen) atoms. The number of benzene rings is 1. The Morgan fingerprint density at radius 1 is 1.05 bits per heavy atom. The number of carbonyl (C=O) groups is 1. The topological polar surface area (TPSA) is 123 Å². The van der Waals surface area contributed by atoms with Gasteiger partial charge in [0.1, 0.15) is 19.8 Å². The molecule has 2 aromatic heterocycles. The molecule has 1 fully saturated rings. The van der Waals surface area contributed by atoms with E-state index in [1.807, 2.05) is 12.1 Å². The summed E-state index contributed by atoms with van der Waals surface area (Å²) >= 11 is 0. The van der Waals surface area contributed by atoms with Gasteiger partial charge in [0, 0.05) is 35.7 Å². The first-order valence-electron chi connectivity index (χ1n) is 14.2. The normalized spacial score (nSPS) is 22.1. The number of carbonyl (C=O) groups excluding carboxylic acids is 1. The number of aliphatic hydroxyl groups excluding tert-OH is 1. The van der Waals surface area contributed by atoms with Crippen LogP contribution in [-0.4, -0.2) is 70.1 Å². The second kappa shape index (κ2) is 9.57. The zero-order chi connectivity index (χ0) is 27.6. The van der Waals surface area contributed by atoms with Crippen molar-refractivity contribution in [1.82, 2.24) is 14.5 Å². The first-order valence-corrected chi connectivity index (χ1v) is 14.2. The molecule has 210 valence electrons. The van der Waals surface area contributed by atoms with E-state index in [-0.39, 0.29) is 25.2 Å². The molecule has 0 radical (unpaired) electrons. The van der Waals surface area contributed by atoms with Gasteiger partial charge in [0.25, 0.3) is 5.56 Å².